The Morgan fingerprint density at radius 3 is 2.75 bits per heavy atom. The van der Waals surface area contributed by atoms with Crippen molar-refractivity contribution >= 4 is 11.6 Å². The van der Waals surface area contributed by atoms with Crippen LogP contribution >= 0.6 is 0 Å². The van der Waals surface area contributed by atoms with Crippen LogP contribution in [0.4, 0.5) is 5.69 Å². The van der Waals surface area contributed by atoms with E-state index >= 15 is 0 Å². The van der Waals surface area contributed by atoms with E-state index in [0.717, 1.165) is 11.3 Å². The fraction of sp³-hybridized carbons (Fsp3) is 0.118. The third-order valence-corrected chi connectivity index (χ3v) is 3.30. The number of amides is 1. The van der Waals surface area contributed by atoms with Crippen LogP contribution in [0, 0.1) is 6.92 Å². The number of carbonyl (C=O) groups is 1. The van der Waals surface area contributed by atoms with Crippen molar-refractivity contribution < 1.29 is 14.6 Å². The number of ether oxygens (including phenoxy) is 1. The van der Waals surface area contributed by atoms with Crippen molar-refractivity contribution in [3.05, 3.63) is 60.7 Å². The Morgan fingerprint density at radius 1 is 1.21 bits per heavy atom. The van der Waals surface area contributed by atoms with Gasteiger partial charge < -0.3 is 15.2 Å². The van der Waals surface area contributed by atoms with E-state index in [0.29, 0.717) is 11.4 Å². The third kappa shape index (κ3) is 3.70. The van der Waals surface area contributed by atoms with Gasteiger partial charge in [-0.1, -0.05) is 12.1 Å². The van der Waals surface area contributed by atoms with Crippen LogP contribution in [0.1, 0.15) is 5.56 Å². The van der Waals surface area contributed by atoms with E-state index in [9.17, 15) is 9.90 Å². The summed E-state index contributed by atoms with van der Waals surface area (Å²) in [5.41, 5.74) is 2.31. The zero-order chi connectivity index (χ0) is 16.9. The highest BCUT2D eigenvalue weighted by molar-refractivity contribution is 5.92. The molecule has 0 spiro atoms. The molecule has 0 aliphatic rings. The van der Waals surface area contributed by atoms with Gasteiger partial charge in [0.2, 0.25) is 0 Å². The molecule has 3 rings (SSSR count). The van der Waals surface area contributed by atoms with Crippen molar-refractivity contribution in [3.8, 4) is 17.2 Å². The van der Waals surface area contributed by atoms with Crippen molar-refractivity contribution in [1.82, 2.24) is 14.8 Å². The van der Waals surface area contributed by atoms with Gasteiger partial charge in [0.15, 0.2) is 6.61 Å². The van der Waals surface area contributed by atoms with Gasteiger partial charge in [-0.25, -0.2) is 0 Å². The maximum atomic E-state index is 12.0. The van der Waals surface area contributed by atoms with E-state index in [-0.39, 0.29) is 18.3 Å². The third-order valence-electron chi connectivity index (χ3n) is 3.30. The Morgan fingerprint density at radius 2 is 2.00 bits per heavy atom. The molecule has 1 heterocycles. The lowest BCUT2D eigenvalue weighted by atomic mass is 10.2. The average Bonchev–Trinajstić information content (AvgIpc) is 3.08. The molecule has 7 nitrogen and oxygen atoms in total. The molecule has 0 radical (unpaired) electrons. The maximum absolute atomic E-state index is 12.0. The van der Waals surface area contributed by atoms with Gasteiger partial charge in [-0.05, 0) is 36.8 Å². The van der Waals surface area contributed by atoms with Crippen LogP contribution in [0.2, 0.25) is 0 Å². The highest BCUT2D eigenvalue weighted by Crippen LogP contribution is 2.24. The SMILES string of the molecule is Cc1ccc(OCC(=O)Nc2cccc(O)c2)c(-n2cnnc2)c1. The first kappa shape index (κ1) is 15.5. The fourth-order valence-electron chi connectivity index (χ4n) is 2.20. The second-order valence-electron chi connectivity index (χ2n) is 5.23. The number of aromatic nitrogens is 3. The van der Waals surface area contributed by atoms with Crippen molar-refractivity contribution in [2.24, 2.45) is 0 Å². The van der Waals surface area contributed by atoms with Gasteiger partial charge in [0, 0.05) is 11.8 Å². The number of carbonyl (C=O) groups excluding carboxylic acids is 1. The number of hydrogen-bond donors (Lipinski definition) is 2. The average molecular weight is 324 g/mol. The topological polar surface area (TPSA) is 89.3 Å². The van der Waals surface area contributed by atoms with Gasteiger partial charge in [0.05, 0.1) is 5.69 Å². The summed E-state index contributed by atoms with van der Waals surface area (Å²) >= 11 is 0. The lowest BCUT2D eigenvalue weighted by molar-refractivity contribution is -0.118. The van der Waals surface area contributed by atoms with Crippen LogP contribution < -0.4 is 10.1 Å². The Balaban J connectivity index is 1.69. The van der Waals surface area contributed by atoms with Gasteiger partial charge in [-0.2, -0.15) is 0 Å². The molecule has 0 bridgehead atoms. The second kappa shape index (κ2) is 6.82. The number of rotatable bonds is 5. The van der Waals surface area contributed by atoms with E-state index in [1.807, 2.05) is 19.1 Å². The van der Waals surface area contributed by atoms with E-state index < -0.39 is 0 Å². The summed E-state index contributed by atoms with van der Waals surface area (Å²) in [4.78, 5) is 12.0. The van der Waals surface area contributed by atoms with Crippen LogP contribution in [0.25, 0.3) is 5.69 Å². The predicted octanol–water partition coefficient (Wildman–Crippen LogP) is 2.30. The highest BCUT2D eigenvalue weighted by atomic mass is 16.5. The maximum Gasteiger partial charge on any atom is 0.262 e. The Kier molecular flexibility index (Phi) is 4.42. The smallest absolute Gasteiger partial charge is 0.262 e. The van der Waals surface area contributed by atoms with E-state index in [1.165, 1.54) is 12.1 Å². The molecule has 1 aromatic heterocycles. The van der Waals surface area contributed by atoms with Gasteiger partial charge in [0.1, 0.15) is 24.2 Å². The van der Waals surface area contributed by atoms with E-state index in [4.69, 9.17) is 4.74 Å². The number of phenols is 1. The minimum Gasteiger partial charge on any atom is -0.508 e. The predicted molar refractivity (Wildman–Crippen MR) is 88.3 cm³/mol. The summed E-state index contributed by atoms with van der Waals surface area (Å²) in [6.45, 7) is 1.81. The monoisotopic (exact) mass is 324 g/mol. The van der Waals surface area contributed by atoms with Crippen LogP contribution in [0.15, 0.2) is 55.1 Å². The van der Waals surface area contributed by atoms with Gasteiger partial charge >= 0.3 is 0 Å². The highest BCUT2D eigenvalue weighted by Gasteiger charge is 2.10. The summed E-state index contributed by atoms with van der Waals surface area (Å²) in [7, 11) is 0. The number of benzene rings is 2. The first-order valence-corrected chi connectivity index (χ1v) is 7.29. The minimum atomic E-state index is -0.323. The molecule has 0 unspecified atom stereocenters. The quantitative estimate of drug-likeness (QED) is 0.751. The second-order valence-corrected chi connectivity index (χ2v) is 5.23. The largest absolute Gasteiger partial charge is 0.508 e. The van der Waals surface area contributed by atoms with Crippen molar-refractivity contribution in [2.45, 2.75) is 6.92 Å². The number of aromatic hydroxyl groups is 1. The van der Waals surface area contributed by atoms with Crippen LogP contribution in [-0.4, -0.2) is 32.4 Å². The molecule has 24 heavy (non-hydrogen) atoms. The lowest BCUT2D eigenvalue weighted by Gasteiger charge is -2.12. The molecular formula is C17H16N4O3. The molecule has 0 saturated heterocycles. The molecule has 2 aromatic carbocycles. The minimum absolute atomic E-state index is 0.0853. The van der Waals surface area contributed by atoms with Crippen molar-refractivity contribution in [2.75, 3.05) is 11.9 Å². The van der Waals surface area contributed by atoms with Gasteiger partial charge in [0.25, 0.3) is 5.91 Å². The fourth-order valence-corrected chi connectivity index (χ4v) is 2.20. The molecule has 0 atom stereocenters. The summed E-state index contributed by atoms with van der Waals surface area (Å²) in [6.07, 6.45) is 3.13. The molecule has 7 heteroatoms. The standard InChI is InChI=1S/C17H16N4O3/c1-12-5-6-16(15(7-12)21-10-18-19-11-21)24-9-17(23)20-13-3-2-4-14(22)8-13/h2-8,10-11,22H,9H2,1H3,(H,20,23). The zero-order valence-corrected chi connectivity index (χ0v) is 13.0. The first-order chi connectivity index (χ1) is 11.6. The van der Waals surface area contributed by atoms with Crippen LogP contribution in [0.5, 0.6) is 11.5 Å². The summed E-state index contributed by atoms with van der Waals surface area (Å²) < 4.78 is 7.35. The Bertz CT molecular complexity index is 847. The molecule has 3 aromatic rings. The first-order valence-electron chi connectivity index (χ1n) is 7.29. The summed E-state index contributed by atoms with van der Waals surface area (Å²) in [5, 5.41) is 19.6. The molecule has 1 amide bonds. The molecule has 122 valence electrons. The zero-order valence-electron chi connectivity index (χ0n) is 13.0. The summed E-state index contributed by atoms with van der Waals surface area (Å²) in [5.74, 6) is 0.310. The Labute approximate surface area is 138 Å². The lowest BCUT2D eigenvalue weighted by Crippen LogP contribution is -2.20. The van der Waals surface area contributed by atoms with Crippen molar-refractivity contribution in [3.63, 3.8) is 0 Å². The number of aryl methyl sites for hydroxylation is 1. The molecule has 0 aliphatic carbocycles. The summed E-state index contributed by atoms with van der Waals surface area (Å²) in [6, 6.07) is 12.0. The molecule has 0 aliphatic heterocycles. The van der Waals surface area contributed by atoms with Gasteiger partial charge in [-0.15, -0.1) is 10.2 Å². The number of nitrogens with zero attached hydrogens (tertiary/aromatic N) is 3. The normalized spacial score (nSPS) is 10.4. The number of phenolic OH excluding ortho intramolecular Hbond substituents is 1. The molecule has 0 fully saturated rings. The Hall–Kier alpha value is -3.35. The molecule has 2 N–H and O–H groups in total. The molecular weight excluding hydrogens is 308 g/mol. The number of anilines is 1. The van der Waals surface area contributed by atoms with E-state index in [1.54, 1.807) is 35.4 Å². The number of nitrogens with one attached hydrogen (secondary N) is 1. The van der Waals surface area contributed by atoms with Crippen LogP contribution in [-0.2, 0) is 4.79 Å². The van der Waals surface area contributed by atoms with Crippen molar-refractivity contribution in [1.29, 1.82) is 0 Å². The molecule has 0 saturated carbocycles. The van der Waals surface area contributed by atoms with Gasteiger partial charge in [-0.3, -0.25) is 9.36 Å². The van der Waals surface area contributed by atoms with E-state index in [2.05, 4.69) is 15.5 Å². The number of hydrogen-bond acceptors (Lipinski definition) is 5. The van der Waals surface area contributed by atoms with Crippen LogP contribution in [0.3, 0.4) is 0 Å².